The molecule has 2 N–H and O–H groups in total. The Hall–Kier alpha value is -1.40. The SMILES string of the molecule is Cc1nn(C)c(C)c1CC(=O)NCC(C)(O)CN(C)C. The molecule has 114 valence electrons. The summed E-state index contributed by atoms with van der Waals surface area (Å²) in [6, 6.07) is 0. The van der Waals surface area contributed by atoms with E-state index in [1.165, 1.54) is 0 Å². The van der Waals surface area contributed by atoms with Gasteiger partial charge in [-0.2, -0.15) is 5.10 Å². The van der Waals surface area contributed by atoms with Crippen molar-refractivity contribution in [3.05, 3.63) is 17.0 Å². The molecular formula is C14H26N4O2. The average Bonchev–Trinajstić information content (AvgIpc) is 2.52. The Bertz CT molecular complexity index is 478. The average molecular weight is 282 g/mol. The minimum atomic E-state index is -0.932. The molecule has 0 aliphatic rings. The highest BCUT2D eigenvalue weighted by molar-refractivity contribution is 5.79. The number of aliphatic hydroxyl groups is 1. The van der Waals surface area contributed by atoms with E-state index < -0.39 is 5.60 Å². The van der Waals surface area contributed by atoms with Crippen molar-refractivity contribution < 1.29 is 9.90 Å². The van der Waals surface area contributed by atoms with E-state index in [0.29, 0.717) is 13.0 Å². The van der Waals surface area contributed by atoms with E-state index in [0.717, 1.165) is 17.0 Å². The molecule has 0 radical (unpaired) electrons. The number of hydrogen-bond acceptors (Lipinski definition) is 4. The van der Waals surface area contributed by atoms with Crippen molar-refractivity contribution in [3.8, 4) is 0 Å². The molecule has 1 atom stereocenters. The number of nitrogens with zero attached hydrogens (tertiary/aromatic N) is 3. The summed E-state index contributed by atoms with van der Waals surface area (Å²) >= 11 is 0. The first kappa shape index (κ1) is 16.7. The number of rotatable bonds is 6. The highest BCUT2D eigenvalue weighted by Gasteiger charge is 2.22. The van der Waals surface area contributed by atoms with Gasteiger partial charge in [-0.15, -0.1) is 0 Å². The first-order valence-corrected chi connectivity index (χ1v) is 6.75. The van der Waals surface area contributed by atoms with Crippen molar-refractivity contribution in [3.63, 3.8) is 0 Å². The van der Waals surface area contributed by atoms with E-state index in [1.807, 2.05) is 39.9 Å². The second-order valence-electron chi connectivity index (χ2n) is 5.96. The fourth-order valence-electron chi connectivity index (χ4n) is 2.32. The summed E-state index contributed by atoms with van der Waals surface area (Å²) in [6.07, 6.45) is 0.295. The molecule has 0 spiro atoms. The highest BCUT2D eigenvalue weighted by atomic mass is 16.3. The van der Waals surface area contributed by atoms with E-state index >= 15 is 0 Å². The quantitative estimate of drug-likeness (QED) is 0.771. The first-order valence-electron chi connectivity index (χ1n) is 6.75. The smallest absolute Gasteiger partial charge is 0.224 e. The molecule has 0 saturated carbocycles. The van der Waals surface area contributed by atoms with Crippen molar-refractivity contribution in [2.75, 3.05) is 27.2 Å². The summed E-state index contributed by atoms with van der Waals surface area (Å²) in [6.45, 7) is 6.30. The molecule has 1 aromatic rings. The summed E-state index contributed by atoms with van der Waals surface area (Å²) in [5.41, 5.74) is 1.90. The van der Waals surface area contributed by atoms with E-state index in [2.05, 4.69) is 10.4 Å². The molecule has 1 aromatic heterocycles. The van der Waals surface area contributed by atoms with Gasteiger partial charge in [0.05, 0.1) is 17.7 Å². The van der Waals surface area contributed by atoms with Crippen molar-refractivity contribution in [1.82, 2.24) is 20.0 Å². The predicted molar refractivity (Wildman–Crippen MR) is 78.6 cm³/mol. The summed E-state index contributed by atoms with van der Waals surface area (Å²) in [7, 11) is 5.64. The number of aromatic nitrogens is 2. The predicted octanol–water partition coefficient (Wildman–Crippen LogP) is 0.00824. The lowest BCUT2D eigenvalue weighted by atomic mass is 10.1. The molecule has 1 unspecified atom stereocenters. The van der Waals surface area contributed by atoms with Crippen molar-refractivity contribution in [1.29, 1.82) is 0 Å². The molecule has 20 heavy (non-hydrogen) atoms. The van der Waals surface area contributed by atoms with Crippen molar-refractivity contribution in [2.45, 2.75) is 32.8 Å². The summed E-state index contributed by atoms with van der Waals surface area (Å²) < 4.78 is 1.78. The van der Waals surface area contributed by atoms with Gasteiger partial charge >= 0.3 is 0 Å². The largest absolute Gasteiger partial charge is 0.387 e. The summed E-state index contributed by atoms with van der Waals surface area (Å²) in [5.74, 6) is -0.0942. The molecule has 6 nitrogen and oxygen atoms in total. The van der Waals surface area contributed by atoms with Gasteiger partial charge < -0.3 is 15.3 Å². The highest BCUT2D eigenvalue weighted by Crippen LogP contribution is 2.12. The molecule has 1 heterocycles. The van der Waals surface area contributed by atoms with Gasteiger partial charge in [0.15, 0.2) is 0 Å². The zero-order valence-electron chi connectivity index (χ0n) is 13.3. The van der Waals surface area contributed by atoms with E-state index in [4.69, 9.17) is 0 Å². The van der Waals surface area contributed by atoms with Crippen LogP contribution in [-0.2, 0) is 18.3 Å². The lowest BCUT2D eigenvalue weighted by molar-refractivity contribution is -0.121. The summed E-state index contributed by atoms with van der Waals surface area (Å²) in [4.78, 5) is 13.9. The molecule has 0 bridgehead atoms. The Morgan fingerprint density at radius 2 is 2.05 bits per heavy atom. The number of nitrogens with one attached hydrogen (secondary N) is 1. The van der Waals surface area contributed by atoms with Crippen LogP contribution >= 0.6 is 0 Å². The Labute approximate surface area is 120 Å². The standard InChI is InChI=1S/C14H26N4O2/c1-10-12(11(2)18(6)16-10)7-13(19)15-8-14(3,20)9-17(4)5/h20H,7-9H2,1-6H3,(H,15,19). The van der Waals surface area contributed by atoms with E-state index in [9.17, 15) is 9.90 Å². The van der Waals surface area contributed by atoms with Gasteiger partial charge in [0.25, 0.3) is 0 Å². The van der Waals surface area contributed by atoms with Gasteiger partial charge in [-0.25, -0.2) is 0 Å². The minimum absolute atomic E-state index is 0.0942. The molecule has 0 aliphatic heterocycles. The second-order valence-corrected chi connectivity index (χ2v) is 5.96. The third-order valence-corrected chi connectivity index (χ3v) is 3.32. The number of hydrogen-bond donors (Lipinski definition) is 2. The maximum Gasteiger partial charge on any atom is 0.224 e. The maximum atomic E-state index is 12.0. The van der Waals surface area contributed by atoms with Crippen LogP contribution in [0.15, 0.2) is 0 Å². The van der Waals surface area contributed by atoms with E-state index in [1.54, 1.807) is 11.6 Å². The van der Waals surface area contributed by atoms with Crippen LogP contribution in [0, 0.1) is 13.8 Å². The minimum Gasteiger partial charge on any atom is -0.387 e. The monoisotopic (exact) mass is 282 g/mol. The summed E-state index contributed by atoms with van der Waals surface area (Å²) in [5, 5.41) is 17.2. The van der Waals surface area contributed by atoms with Gasteiger partial charge in [0.1, 0.15) is 0 Å². The zero-order chi connectivity index (χ0) is 15.5. The van der Waals surface area contributed by atoms with E-state index in [-0.39, 0.29) is 12.5 Å². The first-order chi connectivity index (χ1) is 9.12. The Morgan fingerprint density at radius 3 is 2.50 bits per heavy atom. The number of likely N-dealkylation sites (N-methyl/N-ethyl adjacent to an activating group) is 1. The Kier molecular flexibility index (Phi) is 5.30. The Balaban J connectivity index is 2.56. The lowest BCUT2D eigenvalue weighted by Gasteiger charge is -2.27. The van der Waals surface area contributed by atoms with Crippen LogP contribution in [0.2, 0.25) is 0 Å². The third kappa shape index (κ3) is 4.61. The van der Waals surface area contributed by atoms with Gasteiger partial charge in [0.2, 0.25) is 5.91 Å². The number of aryl methyl sites for hydroxylation is 2. The van der Waals surface area contributed by atoms with Crippen molar-refractivity contribution >= 4 is 5.91 Å². The van der Waals surface area contributed by atoms with Gasteiger partial charge in [-0.05, 0) is 34.9 Å². The van der Waals surface area contributed by atoms with Crippen LogP contribution in [0.3, 0.4) is 0 Å². The van der Waals surface area contributed by atoms with Crippen LogP contribution in [0.4, 0.5) is 0 Å². The Morgan fingerprint density at radius 1 is 1.45 bits per heavy atom. The van der Waals surface area contributed by atoms with Crippen LogP contribution in [0.1, 0.15) is 23.9 Å². The maximum absolute atomic E-state index is 12.0. The lowest BCUT2D eigenvalue weighted by Crippen LogP contribution is -2.47. The van der Waals surface area contributed by atoms with Gasteiger partial charge in [-0.3, -0.25) is 9.48 Å². The molecule has 0 aliphatic carbocycles. The van der Waals surface area contributed by atoms with Crippen LogP contribution in [0.25, 0.3) is 0 Å². The molecule has 6 heteroatoms. The zero-order valence-corrected chi connectivity index (χ0v) is 13.3. The number of carbonyl (C=O) groups is 1. The molecule has 0 aromatic carbocycles. The molecule has 0 fully saturated rings. The molecule has 0 saturated heterocycles. The van der Waals surface area contributed by atoms with Crippen LogP contribution in [0.5, 0.6) is 0 Å². The second kappa shape index (κ2) is 6.37. The normalized spacial score (nSPS) is 14.4. The number of carbonyl (C=O) groups excluding carboxylic acids is 1. The topological polar surface area (TPSA) is 70.4 Å². The van der Waals surface area contributed by atoms with Crippen LogP contribution < -0.4 is 5.32 Å². The van der Waals surface area contributed by atoms with Crippen LogP contribution in [-0.4, -0.2) is 58.5 Å². The van der Waals surface area contributed by atoms with Crippen molar-refractivity contribution in [2.24, 2.45) is 7.05 Å². The molecule has 1 rings (SSSR count). The fourth-order valence-corrected chi connectivity index (χ4v) is 2.32. The van der Waals surface area contributed by atoms with Gasteiger partial charge in [0, 0.05) is 31.4 Å². The number of amides is 1. The molecular weight excluding hydrogens is 256 g/mol. The molecule has 1 amide bonds. The third-order valence-electron chi connectivity index (χ3n) is 3.32. The van der Waals surface area contributed by atoms with Gasteiger partial charge in [-0.1, -0.05) is 0 Å². The fraction of sp³-hybridized carbons (Fsp3) is 0.714.